The predicted octanol–water partition coefficient (Wildman–Crippen LogP) is 11.3. The number of thioether (sulfide) groups is 1. The Kier molecular flexibility index (Phi) is 36.1. The second-order valence-corrected chi connectivity index (χ2v) is 14.4. The Labute approximate surface area is 296 Å². The average Bonchev–Trinajstić information content (AvgIpc) is 3.06. The molecule has 0 aromatic rings. The van der Waals surface area contributed by atoms with Gasteiger partial charge >= 0.3 is 5.97 Å². The molecule has 5 nitrogen and oxygen atoms in total. The van der Waals surface area contributed by atoms with Crippen LogP contribution >= 0.6 is 11.8 Å². The Balaban J connectivity index is 4.09. The zero-order chi connectivity index (χ0) is 34.5. The lowest BCUT2D eigenvalue weighted by atomic mass is 10.1. The first-order valence-corrected chi connectivity index (χ1v) is 20.8. The third-order valence-electron chi connectivity index (χ3n) is 8.43. The molecule has 274 valence electrons. The van der Waals surface area contributed by atoms with E-state index in [0.717, 1.165) is 76.8 Å². The molecule has 0 unspecified atom stereocenters. The molecule has 0 spiro atoms. The van der Waals surface area contributed by atoms with Crippen LogP contribution in [0.1, 0.15) is 162 Å². The summed E-state index contributed by atoms with van der Waals surface area (Å²) >= 11 is 1.76. The van der Waals surface area contributed by atoms with E-state index in [-0.39, 0.29) is 5.97 Å². The van der Waals surface area contributed by atoms with Crippen LogP contribution in [0.2, 0.25) is 0 Å². The maximum atomic E-state index is 13.0. The fraction of sp³-hybridized carbons (Fsp3) is 0.805. The summed E-state index contributed by atoms with van der Waals surface area (Å²) in [5, 5.41) is 0. The lowest BCUT2D eigenvalue weighted by Crippen LogP contribution is -2.34. The number of carbonyl (C=O) groups is 2. The van der Waals surface area contributed by atoms with Gasteiger partial charge in [0.05, 0.1) is 5.75 Å². The third-order valence-corrected chi connectivity index (χ3v) is 9.35. The molecule has 1 amide bonds. The van der Waals surface area contributed by atoms with E-state index in [9.17, 15) is 9.59 Å². The number of amides is 1. The van der Waals surface area contributed by atoms with Crippen molar-refractivity contribution in [2.45, 2.75) is 162 Å². The van der Waals surface area contributed by atoms with Crippen molar-refractivity contribution < 1.29 is 14.3 Å². The average molecular weight is 677 g/mol. The lowest BCUT2D eigenvalue weighted by Gasteiger charge is -2.23. The van der Waals surface area contributed by atoms with Crippen molar-refractivity contribution in [1.29, 1.82) is 0 Å². The van der Waals surface area contributed by atoms with Crippen LogP contribution in [0.3, 0.4) is 0 Å². The molecule has 47 heavy (non-hydrogen) atoms. The Morgan fingerprint density at radius 3 is 1.62 bits per heavy atom. The fourth-order valence-electron chi connectivity index (χ4n) is 5.34. The van der Waals surface area contributed by atoms with Gasteiger partial charge in [0.25, 0.3) is 0 Å². The molecule has 6 heteroatoms. The van der Waals surface area contributed by atoms with Gasteiger partial charge in [0.2, 0.25) is 5.91 Å². The summed E-state index contributed by atoms with van der Waals surface area (Å²) in [4.78, 5) is 29.3. The standard InChI is InChI=1S/C41H76N2O3S/c1-5-7-9-11-13-14-15-16-17-18-19-20-21-22-26-30-34-43(40(44)39-47-38-36-42(3)4)35-31-27-24-25-29-33-41(45)46-37-32-28-23-12-10-8-6-2/h14-15,17-18,28,32H,5-13,16,19-27,29-31,33-39H2,1-4H3/b15-14-,18-17-,32-28-. The quantitative estimate of drug-likeness (QED) is 0.0380. The number of allylic oxidation sites excluding steroid dienone is 5. The summed E-state index contributed by atoms with van der Waals surface area (Å²) < 4.78 is 5.34. The molecule has 0 rings (SSSR count). The van der Waals surface area contributed by atoms with Crippen LogP contribution in [0.4, 0.5) is 0 Å². The Morgan fingerprint density at radius 1 is 0.574 bits per heavy atom. The highest BCUT2D eigenvalue weighted by molar-refractivity contribution is 7.99. The molecule has 0 aliphatic heterocycles. The smallest absolute Gasteiger partial charge is 0.306 e. The fourth-order valence-corrected chi connectivity index (χ4v) is 6.34. The maximum absolute atomic E-state index is 13.0. The highest BCUT2D eigenvalue weighted by Gasteiger charge is 2.13. The van der Waals surface area contributed by atoms with Gasteiger partial charge in [0.15, 0.2) is 0 Å². The van der Waals surface area contributed by atoms with Gasteiger partial charge in [0, 0.05) is 31.8 Å². The molecule has 0 aliphatic rings. The molecule has 0 saturated heterocycles. The third kappa shape index (κ3) is 35.6. The summed E-state index contributed by atoms with van der Waals surface area (Å²) in [5.74, 6) is 1.79. The molecule has 0 aromatic carbocycles. The first kappa shape index (κ1) is 45.5. The molecule has 0 heterocycles. The van der Waals surface area contributed by atoms with Gasteiger partial charge in [0.1, 0.15) is 6.61 Å². The van der Waals surface area contributed by atoms with Crippen LogP contribution < -0.4 is 0 Å². The van der Waals surface area contributed by atoms with Crippen LogP contribution in [-0.4, -0.2) is 73.5 Å². The number of carbonyl (C=O) groups excluding carboxylic acids is 2. The summed E-state index contributed by atoms with van der Waals surface area (Å²) in [7, 11) is 4.16. The van der Waals surface area contributed by atoms with Gasteiger partial charge in [-0.3, -0.25) is 9.59 Å². The lowest BCUT2D eigenvalue weighted by molar-refractivity contribution is -0.142. The van der Waals surface area contributed by atoms with E-state index >= 15 is 0 Å². The van der Waals surface area contributed by atoms with Crippen molar-refractivity contribution in [2.24, 2.45) is 0 Å². The normalized spacial score (nSPS) is 11.9. The van der Waals surface area contributed by atoms with Crippen LogP contribution in [0.15, 0.2) is 36.5 Å². The van der Waals surface area contributed by atoms with Crippen LogP contribution in [0.5, 0.6) is 0 Å². The van der Waals surface area contributed by atoms with E-state index in [1.165, 1.54) is 89.9 Å². The second-order valence-electron chi connectivity index (χ2n) is 13.3. The zero-order valence-electron chi connectivity index (χ0n) is 31.5. The van der Waals surface area contributed by atoms with Gasteiger partial charge in [-0.2, -0.15) is 11.8 Å². The highest BCUT2D eigenvalue weighted by atomic mass is 32.2. The van der Waals surface area contributed by atoms with Crippen molar-refractivity contribution in [2.75, 3.05) is 51.8 Å². The number of rotatable bonds is 35. The maximum Gasteiger partial charge on any atom is 0.306 e. The number of unbranched alkanes of at least 4 members (excludes halogenated alkanes) is 17. The largest absolute Gasteiger partial charge is 0.461 e. The van der Waals surface area contributed by atoms with Gasteiger partial charge in [-0.15, -0.1) is 0 Å². The number of esters is 1. The molecule has 0 aromatic heterocycles. The Morgan fingerprint density at radius 2 is 1.06 bits per heavy atom. The molecule has 0 aliphatic carbocycles. The SMILES string of the molecule is CCCCCC/C=C\C/C=C\CCCCCCCN(CCCCCCCC(=O)OC/C=C\CCCCCC)C(=O)CSCCN(C)C. The van der Waals surface area contributed by atoms with Crippen molar-refractivity contribution in [1.82, 2.24) is 9.80 Å². The van der Waals surface area contributed by atoms with E-state index in [1.54, 1.807) is 11.8 Å². The van der Waals surface area contributed by atoms with E-state index in [4.69, 9.17) is 4.74 Å². The number of hydrogen-bond acceptors (Lipinski definition) is 5. The minimum absolute atomic E-state index is 0.0862. The first-order valence-electron chi connectivity index (χ1n) is 19.6. The number of hydrogen-bond donors (Lipinski definition) is 0. The van der Waals surface area contributed by atoms with Crippen LogP contribution in [0.25, 0.3) is 0 Å². The van der Waals surface area contributed by atoms with Gasteiger partial charge < -0.3 is 14.5 Å². The zero-order valence-corrected chi connectivity index (χ0v) is 32.3. The number of nitrogens with zero attached hydrogens (tertiary/aromatic N) is 2. The summed E-state index contributed by atoms with van der Waals surface area (Å²) in [6.45, 7) is 7.64. The van der Waals surface area contributed by atoms with Crippen molar-refractivity contribution >= 4 is 23.6 Å². The monoisotopic (exact) mass is 677 g/mol. The minimum Gasteiger partial charge on any atom is -0.461 e. The molecule has 0 fully saturated rings. The van der Waals surface area contributed by atoms with Crippen LogP contribution in [-0.2, 0) is 14.3 Å². The summed E-state index contributed by atoms with van der Waals surface area (Å²) in [5.41, 5.74) is 0. The van der Waals surface area contributed by atoms with Gasteiger partial charge in [-0.05, 0) is 78.3 Å². The Bertz CT molecular complexity index is 781. The number of ether oxygens (including phenoxy) is 1. The predicted molar refractivity (Wildman–Crippen MR) is 208 cm³/mol. The molecule has 0 atom stereocenters. The van der Waals surface area contributed by atoms with Gasteiger partial charge in [-0.25, -0.2) is 0 Å². The van der Waals surface area contributed by atoms with E-state index < -0.39 is 0 Å². The van der Waals surface area contributed by atoms with E-state index in [1.807, 2.05) is 6.08 Å². The van der Waals surface area contributed by atoms with E-state index in [2.05, 4.69) is 68.1 Å². The topological polar surface area (TPSA) is 49.9 Å². The van der Waals surface area contributed by atoms with Crippen LogP contribution in [0, 0.1) is 0 Å². The van der Waals surface area contributed by atoms with Crippen molar-refractivity contribution in [3.63, 3.8) is 0 Å². The van der Waals surface area contributed by atoms with E-state index in [0.29, 0.717) is 24.7 Å². The minimum atomic E-state index is -0.0862. The molecule has 0 N–H and O–H groups in total. The van der Waals surface area contributed by atoms with Crippen molar-refractivity contribution in [3.8, 4) is 0 Å². The molecule has 0 radical (unpaired) electrons. The summed E-state index contributed by atoms with van der Waals surface area (Å²) in [6, 6.07) is 0. The second kappa shape index (κ2) is 37.3. The first-order chi connectivity index (χ1) is 23.0. The van der Waals surface area contributed by atoms with Gasteiger partial charge in [-0.1, -0.05) is 127 Å². The summed E-state index contributed by atoms with van der Waals surface area (Å²) in [6.07, 6.45) is 40.2. The Hall–Kier alpha value is -1.53. The van der Waals surface area contributed by atoms with Crippen molar-refractivity contribution in [3.05, 3.63) is 36.5 Å². The highest BCUT2D eigenvalue weighted by Crippen LogP contribution is 2.12. The molecular formula is C41H76N2O3S. The molecular weight excluding hydrogens is 601 g/mol. The molecule has 0 bridgehead atoms. The molecule has 0 saturated carbocycles.